The lowest BCUT2D eigenvalue weighted by Gasteiger charge is -2.20. The number of hydrogen-bond donors (Lipinski definition) is 2. The van der Waals surface area contributed by atoms with Gasteiger partial charge >= 0.3 is 0 Å². The van der Waals surface area contributed by atoms with Crippen molar-refractivity contribution in [2.75, 3.05) is 0 Å². The monoisotopic (exact) mass is 746 g/mol. The molecule has 2 heterocycles. The molecule has 0 saturated carbocycles. The third-order valence-electron chi connectivity index (χ3n) is 11.4. The standard InChI is InChI=1S/C46H30N2.2C5H8/c1-3-7-29-19-31(11-9-27(29)5-1)33-15-17-43-39(21-33)41-23-35-13-14-36-24-42-40-22-34(32-12-10-28-6-2-4-8-30(28)20-32)16-18-44(40)48-46(42)26-38(36)37(35)25-45(41)47-43;2*1-3-5-4-2/h1-12,15-26,47-48H,13-14H2;2*3-5H,1H2,2H3/b;2*5-4-. The van der Waals surface area contributed by atoms with Crippen molar-refractivity contribution in [3.05, 3.63) is 206 Å². The molecule has 2 N–H and O–H groups in total. The second-order valence-corrected chi connectivity index (χ2v) is 15.0. The molecule has 58 heavy (non-hydrogen) atoms. The molecule has 11 rings (SSSR count). The smallest absolute Gasteiger partial charge is 0.0471 e. The molecule has 8 aromatic carbocycles. The van der Waals surface area contributed by atoms with E-state index in [1.54, 1.807) is 12.2 Å². The summed E-state index contributed by atoms with van der Waals surface area (Å²) >= 11 is 0. The minimum absolute atomic E-state index is 1.05. The van der Waals surface area contributed by atoms with Gasteiger partial charge in [-0.15, -0.1) is 0 Å². The number of H-pyrrole nitrogens is 2. The summed E-state index contributed by atoms with van der Waals surface area (Å²) in [7, 11) is 0. The molecule has 0 spiro atoms. The molecule has 0 aliphatic heterocycles. The van der Waals surface area contributed by atoms with Gasteiger partial charge in [0.25, 0.3) is 0 Å². The Hall–Kier alpha value is -7.16. The van der Waals surface area contributed by atoms with Crippen LogP contribution in [0.15, 0.2) is 195 Å². The van der Waals surface area contributed by atoms with E-state index in [1.165, 1.54) is 110 Å². The second-order valence-electron chi connectivity index (χ2n) is 15.0. The van der Waals surface area contributed by atoms with E-state index in [-0.39, 0.29) is 0 Å². The van der Waals surface area contributed by atoms with Gasteiger partial charge in [-0.25, -0.2) is 0 Å². The lowest BCUT2D eigenvalue weighted by Crippen LogP contribution is -2.04. The first-order chi connectivity index (χ1) is 28.5. The molecule has 280 valence electrons. The number of aryl methyl sites for hydroxylation is 2. The Labute approximate surface area is 340 Å². The summed E-state index contributed by atoms with van der Waals surface area (Å²) in [5.74, 6) is 0. The highest BCUT2D eigenvalue weighted by atomic mass is 14.7. The lowest BCUT2D eigenvalue weighted by atomic mass is 9.84. The van der Waals surface area contributed by atoms with Crippen LogP contribution in [-0.2, 0) is 12.8 Å². The summed E-state index contributed by atoms with van der Waals surface area (Å²) in [4.78, 5) is 7.50. The minimum atomic E-state index is 1.05. The van der Waals surface area contributed by atoms with Crippen LogP contribution < -0.4 is 0 Å². The molecule has 0 saturated heterocycles. The molecule has 0 atom stereocenters. The highest BCUT2D eigenvalue weighted by molar-refractivity contribution is 6.12. The summed E-state index contributed by atoms with van der Waals surface area (Å²) in [6.45, 7) is 10.8. The van der Waals surface area contributed by atoms with Crippen LogP contribution in [-0.4, -0.2) is 9.97 Å². The number of aromatic nitrogens is 2. The molecule has 2 heteroatoms. The molecular formula is C56H46N2. The number of nitrogens with one attached hydrogen (secondary N) is 2. The molecule has 0 amide bonds. The van der Waals surface area contributed by atoms with Crippen LogP contribution in [0.3, 0.4) is 0 Å². The fourth-order valence-corrected chi connectivity index (χ4v) is 8.54. The van der Waals surface area contributed by atoms with E-state index in [4.69, 9.17) is 0 Å². The fourth-order valence-electron chi connectivity index (χ4n) is 8.54. The van der Waals surface area contributed by atoms with Gasteiger partial charge in [0.15, 0.2) is 0 Å². The number of aromatic amines is 2. The first kappa shape index (κ1) is 36.5. The van der Waals surface area contributed by atoms with Crippen molar-refractivity contribution in [3.63, 3.8) is 0 Å². The molecule has 2 aromatic heterocycles. The Morgan fingerprint density at radius 1 is 0.397 bits per heavy atom. The summed E-state index contributed by atoms with van der Waals surface area (Å²) in [5.41, 5.74) is 15.3. The summed E-state index contributed by atoms with van der Waals surface area (Å²) in [6, 6.07) is 54.1. The van der Waals surface area contributed by atoms with Gasteiger partial charge in [-0.3, -0.25) is 0 Å². The molecule has 0 unspecified atom stereocenters. The molecule has 0 radical (unpaired) electrons. The quantitative estimate of drug-likeness (QED) is 0.168. The fraction of sp³-hybridized carbons (Fsp3) is 0.0714. The number of rotatable bonds is 4. The highest BCUT2D eigenvalue weighted by Gasteiger charge is 2.21. The minimum Gasteiger partial charge on any atom is -0.354 e. The second kappa shape index (κ2) is 15.8. The van der Waals surface area contributed by atoms with E-state index in [0.29, 0.717) is 0 Å². The third kappa shape index (κ3) is 6.84. The first-order valence-electron chi connectivity index (χ1n) is 20.2. The van der Waals surface area contributed by atoms with E-state index in [2.05, 4.69) is 169 Å². The predicted molar refractivity (Wildman–Crippen MR) is 254 cm³/mol. The lowest BCUT2D eigenvalue weighted by molar-refractivity contribution is 0.946. The SMILES string of the molecule is C=C/C=C\C.C=C/C=C\C.c1ccc2cc(-c3ccc4[nH]c5cc6c(cc5c4c3)CCc3cc4c(cc3-6)[nH]c3ccc(-c5ccc6ccccc6c5)cc34)ccc2c1. The van der Waals surface area contributed by atoms with E-state index in [9.17, 15) is 0 Å². The zero-order valence-corrected chi connectivity index (χ0v) is 33.1. The van der Waals surface area contributed by atoms with E-state index in [0.717, 1.165) is 12.8 Å². The average Bonchev–Trinajstić information content (AvgIpc) is 3.82. The van der Waals surface area contributed by atoms with E-state index < -0.39 is 0 Å². The highest BCUT2D eigenvalue weighted by Crippen LogP contribution is 2.42. The topological polar surface area (TPSA) is 31.6 Å². The Bertz CT molecular complexity index is 3020. The van der Waals surface area contributed by atoms with Gasteiger partial charge in [0.05, 0.1) is 0 Å². The van der Waals surface area contributed by atoms with Crippen molar-refractivity contribution in [2.45, 2.75) is 26.7 Å². The maximum absolute atomic E-state index is 3.75. The van der Waals surface area contributed by atoms with Gasteiger partial charge in [0, 0.05) is 43.6 Å². The van der Waals surface area contributed by atoms with Gasteiger partial charge in [0.2, 0.25) is 0 Å². The van der Waals surface area contributed by atoms with Gasteiger partial charge in [-0.2, -0.15) is 0 Å². The van der Waals surface area contributed by atoms with Crippen LogP contribution in [0.2, 0.25) is 0 Å². The van der Waals surface area contributed by atoms with Crippen LogP contribution in [0.25, 0.3) is 98.5 Å². The maximum atomic E-state index is 3.75. The van der Waals surface area contributed by atoms with E-state index in [1.807, 2.05) is 38.2 Å². The van der Waals surface area contributed by atoms with Gasteiger partial charge in [0.1, 0.15) is 0 Å². The normalized spacial score (nSPS) is 12.2. The third-order valence-corrected chi connectivity index (χ3v) is 11.4. The van der Waals surface area contributed by atoms with Crippen LogP contribution in [0.4, 0.5) is 0 Å². The Kier molecular flexibility index (Phi) is 9.91. The number of hydrogen-bond acceptors (Lipinski definition) is 0. The van der Waals surface area contributed by atoms with Gasteiger partial charge in [-0.1, -0.05) is 135 Å². The van der Waals surface area contributed by atoms with E-state index >= 15 is 0 Å². The molecule has 0 fully saturated rings. The average molecular weight is 747 g/mol. The Morgan fingerprint density at radius 3 is 1.17 bits per heavy atom. The molecular weight excluding hydrogens is 701 g/mol. The summed E-state index contributed by atoms with van der Waals surface area (Å²) in [6.07, 6.45) is 13.2. The molecule has 1 aliphatic rings. The maximum Gasteiger partial charge on any atom is 0.0471 e. The van der Waals surface area contributed by atoms with Crippen molar-refractivity contribution >= 4 is 65.2 Å². The summed E-state index contributed by atoms with van der Waals surface area (Å²) in [5, 5.41) is 10.3. The van der Waals surface area contributed by atoms with Crippen molar-refractivity contribution in [3.8, 4) is 33.4 Å². The van der Waals surface area contributed by atoms with Gasteiger partial charge < -0.3 is 9.97 Å². The van der Waals surface area contributed by atoms with Crippen molar-refractivity contribution in [1.82, 2.24) is 9.97 Å². The largest absolute Gasteiger partial charge is 0.354 e. The number of benzene rings is 8. The number of fused-ring (bicyclic) bond motifs is 11. The molecule has 0 bridgehead atoms. The molecule has 2 nitrogen and oxygen atoms in total. The zero-order valence-electron chi connectivity index (χ0n) is 33.1. The number of allylic oxidation sites excluding steroid dienone is 6. The van der Waals surface area contributed by atoms with Crippen LogP contribution >= 0.6 is 0 Å². The zero-order chi connectivity index (χ0) is 39.6. The predicted octanol–water partition coefficient (Wildman–Crippen LogP) is 15.9. The molecule has 1 aliphatic carbocycles. The van der Waals surface area contributed by atoms with Crippen molar-refractivity contribution < 1.29 is 0 Å². The van der Waals surface area contributed by atoms with Crippen molar-refractivity contribution in [1.29, 1.82) is 0 Å². The first-order valence-corrected chi connectivity index (χ1v) is 20.2. The van der Waals surface area contributed by atoms with Crippen LogP contribution in [0.5, 0.6) is 0 Å². The molecule has 10 aromatic rings. The summed E-state index contributed by atoms with van der Waals surface area (Å²) < 4.78 is 0. The Morgan fingerprint density at radius 2 is 0.776 bits per heavy atom. The Balaban J connectivity index is 0.000000393. The van der Waals surface area contributed by atoms with Crippen LogP contribution in [0.1, 0.15) is 25.0 Å². The van der Waals surface area contributed by atoms with Crippen LogP contribution in [0, 0.1) is 0 Å². The van der Waals surface area contributed by atoms with Crippen molar-refractivity contribution in [2.24, 2.45) is 0 Å². The van der Waals surface area contributed by atoms with Gasteiger partial charge in [-0.05, 0) is 153 Å².